The maximum Gasteiger partial charge on any atom is 0.222 e. The molecule has 4 nitrogen and oxygen atoms in total. The number of aromatic nitrogens is 1. The van der Waals surface area contributed by atoms with E-state index in [1.807, 2.05) is 11.7 Å². The van der Waals surface area contributed by atoms with E-state index in [-0.39, 0.29) is 6.04 Å². The number of nitrogens with one attached hydrogen (secondary N) is 1. The van der Waals surface area contributed by atoms with Crippen LogP contribution >= 0.6 is 11.3 Å². The highest BCUT2D eigenvalue weighted by atomic mass is 32.1. The summed E-state index contributed by atoms with van der Waals surface area (Å²) in [5.41, 5.74) is 2.25. The number of piperidine rings is 2. The molecule has 1 amide bonds. The Kier molecular flexibility index (Phi) is 4.08. The topological polar surface area (TPSA) is 45.2 Å². The van der Waals surface area contributed by atoms with Gasteiger partial charge in [0.2, 0.25) is 5.91 Å². The van der Waals surface area contributed by atoms with E-state index in [1.54, 1.807) is 11.3 Å². The van der Waals surface area contributed by atoms with E-state index >= 15 is 0 Å². The lowest BCUT2D eigenvalue weighted by Gasteiger charge is -2.47. The van der Waals surface area contributed by atoms with Gasteiger partial charge in [0.05, 0.1) is 5.51 Å². The van der Waals surface area contributed by atoms with Crippen LogP contribution in [-0.4, -0.2) is 41.5 Å². The summed E-state index contributed by atoms with van der Waals surface area (Å²) in [5.74, 6) is 0.339. The van der Waals surface area contributed by atoms with Crippen LogP contribution in [0.5, 0.6) is 0 Å². The van der Waals surface area contributed by atoms with Crippen LogP contribution in [0.25, 0.3) is 0 Å². The summed E-state index contributed by atoms with van der Waals surface area (Å²) in [6.45, 7) is 5.34. The highest BCUT2D eigenvalue weighted by molar-refractivity contribution is 7.09. The number of amides is 1. The largest absolute Gasteiger partial charge is 0.339 e. The van der Waals surface area contributed by atoms with Gasteiger partial charge in [0.25, 0.3) is 0 Å². The first-order valence-electron chi connectivity index (χ1n) is 7.56. The standard InChI is InChI=1S/C15H23N3OS/c1-12(8-13-9-17-11-20-13)18-10-15(3-2-14(18)19)4-6-16-7-5-15/h9,11-12,16H,2-8,10H2,1H3. The van der Waals surface area contributed by atoms with Gasteiger partial charge in [-0.05, 0) is 44.7 Å². The maximum atomic E-state index is 12.3. The molecule has 3 heterocycles. The number of likely N-dealkylation sites (tertiary alicyclic amines) is 1. The lowest BCUT2D eigenvalue weighted by Crippen LogP contribution is -2.53. The Hall–Kier alpha value is -0.940. The second-order valence-electron chi connectivity index (χ2n) is 6.29. The quantitative estimate of drug-likeness (QED) is 0.928. The summed E-state index contributed by atoms with van der Waals surface area (Å²) in [6.07, 6.45) is 7.10. The second kappa shape index (κ2) is 5.82. The zero-order valence-electron chi connectivity index (χ0n) is 12.1. The number of rotatable bonds is 3. The predicted molar refractivity (Wildman–Crippen MR) is 80.8 cm³/mol. The molecule has 3 rings (SSSR count). The van der Waals surface area contributed by atoms with Gasteiger partial charge < -0.3 is 10.2 Å². The van der Waals surface area contributed by atoms with Crippen molar-refractivity contribution in [1.29, 1.82) is 0 Å². The molecule has 2 fully saturated rings. The molecule has 0 saturated carbocycles. The van der Waals surface area contributed by atoms with Crippen molar-refractivity contribution in [2.45, 2.75) is 45.1 Å². The molecule has 2 aliphatic rings. The molecule has 1 N–H and O–H groups in total. The summed E-state index contributed by atoms with van der Waals surface area (Å²) in [7, 11) is 0. The third-order valence-corrected chi connectivity index (χ3v) is 5.67. The van der Waals surface area contributed by atoms with Gasteiger partial charge in [-0.3, -0.25) is 9.78 Å². The third-order valence-electron chi connectivity index (χ3n) is 4.87. The highest BCUT2D eigenvalue weighted by Gasteiger charge is 2.40. The highest BCUT2D eigenvalue weighted by Crippen LogP contribution is 2.39. The van der Waals surface area contributed by atoms with Crippen LogP contribution in [0.15, 0.2) is 11.7 Å². The van der Waals surface area contributed by atoms with Gasteiger partial charge >= 0.3 is 0 Å². The Bertz CT molecular complexity index is 454. The Morgan fingerprint density at radius 1 is 1.45 bits per heavy atom. The lowest BCUT2D eigenvalue weighted by atomic mass is 9.72. The van der Waals surface area contributed by atoms with E-state index < -0.39 is 0 Å². The normalized spacial score (nSPS) is 24.1. The van der Waals surface area contributed by atoms with Crippen LogP contribution in [0.4, 0.5) is 0 Å². The molecule has 0 radical (unpaired) electrons. The number of hydrogen-bond donors (Lipinski definition) is 1. The van der Waals surface area contributed by atoms with E-state index in [9.17, 15) is 4.79 Å². The Labute approximate surface area is 124 Å². The molecule has 2 aliphatic heterocycles. The molecule has 5 heteroatoms. The first-order valence-corrected chi connectivity index (χ1v) is 8.44. The minimum Gasteiger partial charge on any atom is -0.339 e. The van der Waals surface area contributed by atoms with Gasteiger partial charge in [0, 0.05) is 36.5 Å². The van der Waals surface area contributed by atoms with Crippen LogP contribution in [0, 0.1) is 5.41 Å². The van der Waals surface area contributed by atoms with Crippen LogP contribution in [0.3, 0.4) is 0 Å². The second-order valence-corrected chi connectivity index (χ2v) is 7.26. The average Bonchev–Trinajstić information content (AvgIpc) is 2.96. The fourth-order valence-electron chi connectivity index (χ4n) is 3.56. The average molecular weight is 293 g/mol. The summed E-state index contributed by atoms with van der Waals surface area (Å²) in [6, 6.07) is 0.287. The first kappa shape index (κ1) is 14.0. The first-order chi connectivity index (χ1) is 9.69. The van der Waals surface area contributed by atoms with Gasteiger partial charge in [0.15, 0.2) is 0 Å². The van der Waals surface area contributed by atoms with Crippen LogP contribution in [-0.2, 0) is 11.2 Å². The molecule has 0 bridgehead atoms. The number of hydrogen-bond acceptors (Lipinski definition) is 4. The molecule has 0 aromatic carbocycles. The molecule has 0 aliphatic carbocycles. The summed E-state index contributed by atoms with van der Waals surface area (Å²) in [4.78, 5) is 19.8. The molecule has 1 unspecified atom stereocenters. The number of carbonyl (C=O) groups excluding carboxylic acids is 1. The van der Waals surface area contributed by atoms with Gasteiger partial charge in [-0.15, -0.1) is 11.3 Å². The SMILES string of the molecule is CC(Cc1cncs1)N1CC2(CCNCC2)CCC1=O. The Morgan fingerprint density at radius 3 is 2.95 bits per heavy atom. The monoisotopic (exact) mass is 293 g/mol. The van der Waals surface area contributed by atoms with Gasteiger partial charge in [0.1, 0.15) is 0 Å². The zero-order chi connectivity index (χ0) is 14.0. The van der Waals surface area contributed by atoms with Crippen molar-refractivity contribution in [2.24, 2.45) is 5.41 Å². The van der Waals surface area contributed by atoms with Crippen molar-refractivity contribution in [1.82, 2.24) is 15.2 Å². The fraction of sp³-hybridized carbons (Fsp3) is 0.733. The van der Waals surface area contributed by atoms with Gasteiger partial charge in [-0.2, -0.15) is 0 Å². The number of thiazole rings is 1. The minimum absolute atomic E-state index is 0.287. The molecule has 20 heavy (non-hydrogen) atoms. The van der Waals surface area contributed by atoms with Crippen LogP contribution < -0.4 is 5.32 Å². The molecule has 110 valence electrons. The van der Waals surface area contributed by atoms with E-state index in [4.69, 9.17) is 0 Å². The maximum absolute atomic E-state index is 12.3. The smallest absolute Gasteiger partial charge is 0.222 e. The molecular weight excluding hydrogens is 270 g/mol. The van der Waals surface area contributed by atoms with Crippen molar-refractivity contribution >= 4 is 17.2 Å². The molecule has 1 atom stereocenters. The van der Waals surface area contributed by atoms with Crippen LogP contribution in [0.1, 0.15) is 37.5 Å². The van der Waals surface area contributed by atoms with Crippen molar-refractivity contribution in [3.05, 3.63) is 16.6 Å². The number of nitrogens with zero attached hydrogens (tertiary/aromatic N) is 2. The van der Waals surface area contributed by atoms with E-state index in [0.717, 1.165) is 38.9 Å². The summed E-state index contributed by atoms with van der Waals surface area (Å²) < 4.78 is 0. The van der Waals surface area contributed by atoms with Crippen molar-refractivity contribution in [3.63, 3.8) is 0 Å². The minimum atomic E-state index is 0.287. The van der Waals surface area contributed by atoms with Gasteiger partial charge in [-0.25, -0.2) is 0 Å². The fourth-order valence-corrected chi connectivity index (χ4v) is 4.27. The zero-order valence-corrected chi connectivity index (χ0v) is 12.9. The predicted octanol–water partition coefficient (Wildman–Crippen LogP) is 2.07. The Morgan fingerprint density at radius 2 is 2.25 bits per heavy atom. The van der Waals surface area contributed by atoms with Crippen molar-refractivity contribution in [2.75, 3.05) is 19.6 Å². The molecule has 1 aromatic heterocycles. The van der Waals surface area contributed by atoms with Crippen molar-refractivity contribution < 1.29 is 4.79 Å². The molecule has 1 spiro atoms. The summed E-state index contributed by atoms with van der Waals surface area (Å²) >= 11 is 1.68. The summed E-state index contributed by atoms with van der Waals surface area (Å²) in [5, 5.41) is 3.44. The third kappa shape index (κ3) is 2.88. The van der Waals surface area contributed by atoms with E-state index in [2.05, 4.69) is 22.1 Å². The van der Waals surface area contributed by atoms with E-state index in [1.165, 1.54) is 17.7 Å². The van der Waals surface area contributed by atoms with Crippen molar-refractivity contribution in [3.8, 4) is 0 Å². The van der Waals surface area contributed by atoms with Crippen LogP contribution in [0.2, 0.25) is 0 Å². The number of carbonyl (C=O) groups is 1. The lowest BCUT2D eigenvalue weighted by molar-refractivity contribution is -0.141. The molecular formula is C15H23N3OS. The van der Waals surface area contributed by atoms with E-state index in [0.29, 0.717) is 11.3 Å². The molecule has 1 aromatic rings. The Balaban J connectivity index is 1.68. The van der Waals surface area contributed by atoms with Gasteiger partial charge in [-0.1, -0.05) is 0 Å². The molecule has 2 saturated heterocycles.